The molecule has 166 valence electrons. The van der Waals surface area contributed by atoms with Gasteiger partial charge in [0.15, 0.2) is 5.17 Å². The van der Waals surface area contributed by atoms with Gasteiger partial charge in [-0.2, -0.15) is 0 Å². The third-order valence-corrected chi connectivity index (χ3v) is 8.06. The minimum Gasteiger partial charge on any atom is -0.334 e. The standard InChI is InChI=1S/C25H19Cl2N3OS2/c1-3-29-20-14-17(27)10-11-21(20)32-24(29)22-23(31)30(19-9-4-6-15(2)12-19)25(33-22)28-18-8-5-7-16(26)13-18/h4-14H,3H2,1-2H3. The summed E-state index contributed by atoms with van der Waals surface area (Å²) in [5.74, 6) is -0.0915. The van der Waals surface area contributed by atoms with E-state index in [-0.39, 0.29) is 5.91 Å². The van der Waals surface area contributed by atoms with Crippen molar-refractivity contribution in [2.75, 3.05) is 16.3 Å². The number of carbonyl (C=O) groups excluding carboxylic acids is 1. The van der Waals surface area contributed by atoms with Crippen LogP contribution in [0.4, 0.5) is 17.1 Å². The van der Waals surface area contributed by atoms with Gasteiger partial charge in [0.25, 0.3) is 5.91 Å². The van der Waals surface area contributed by atoms with Gasteiger partial charge >= 0.3 is 0 Å². The van der Waals surface area contributed by atoms with E-state index in [1.807, 2.05) is 61.5 Å². The van der Waals surface area contributed by atoms with Gasteiger partial charge in [0.1, 0.15) is 9.93 Å². The second-order valence-corrected chi connectivity index (χ2v) is 10.4. The number of aryl methyl sites for hydroxylation is 1. The van der Waals surface area contributed by atoms with Crippen LogP contribution in [0.5, 0.6) is 0 Å². The van der Waals surface area contributed by atoms with Gasteiger partial charge in [-0.3, -0.25) is 9.69 Å². The number of hydrogen-bond acceptors (Lipinski definition) is 5. The van der Waals surface area contributed by atoms with Gasteiger partial charge in [-0.15, -0.1) is 0 Å². The van der Waals surface area contributed by atoms with E-state index in [0.29, 0.717) is 25.8 Å². The molecular formula is C25H19Cl2N3OS2. The second kappa shape index (κ2) is 9.11. The highest BCUT2D eigenvalue weighted by molar-refractivity contribution is 8.20. The van der Waals surface area contributed by atoms with Crippen LogP contribution in [-0.2, 0) is 4.79 Å². The number of anilines is 2. The van der Waals surface area contributed by atoms with Crippen LogP contribution < -0.4 is 9.80 Å². The van der Waals surface area contributed by atoms with Gasteiger partial charge < -0.3 is 4.90 Å². The van der Waals surface area contributed by atoms with Crippen molar-refractivity contribution in [2.24, 2.45) is 4.99 Å². The molecule has 3 aromatic carbocycles. The van der Waals surface area contributed by atoms with E-state index in [1.165, 1.54) is 11.8 Å². The maximum atomic E-state index is 13.8. The van der Waals surface area contributed by atoms with Gasteiger partial charge in [0.05, 0.1) is 17.1 Å². The molecule has 8 heteroatoms. The first-order chi connectivity index (χ1) is 15.9. The molecule has 0 N–H and O–H groups in total. The summed E-state index contributed by atoms with van der Waals surface area (Å²) in [5, 5.41) is 2.77. The summed E-state index contributed by atoms with van der Waals surface area (Å²) in [5.41, 5.74) is 3.58. The normalized spacial score (nSPS) is 19.0. The molecule has 3 aromatic rings. The SMILES string of the molecule is CCN1C(=C2SC(=Nc3cccc(Cl)c3)N(c3cccc(C)c3)C2=O)Sc2ccc(Cl)cc21. The Labute approximate surface area is 211 Å². The minimum absolute atomic E-state index is 0.0915. The summed E-state index contributed by atoms with van der Waals surface area (Å²) in [6, 6.07) is 21.0. The molecule has 2 heterocycles. The number of nitrogens with zero attached hydrogens (tertiary/aromatic N) is 3. The first-order valence-electron chi connectivity index (χ1n) is 10.4. The highest BCUT2D eigenvalue weighted by Gasteiger charge is 2.40. The monoisotopic (exact) mass is 511 g/mol. The number of amides is 1. The van der Waals surface area contributed by atoms with Crippen molar-refractivity contribution in [1.29, 1.82) is 0 Å². The van der Waals surface area contributed by atoms with Gasteiger partial charge in [-0.1, -0.05) is 53.2 Å². The predicted molar refractivity (Wildman–Crippen MR) is 142 cm³/mol. The molecule has 5 rings (SSSR count). The smallest absolute Gasteiger partial charge is 0.274 e. The fraction of sp³-hybridized carbons (Fsp3) is 0.120. The molecule has 0 radical (unpaired) electrons. The molecule has 33 heavy (non-hydrogen) atoms. The molecule has 1 fully saturated rings. The zero-order valence-electron chi connectivity index (χ0n) is 17.9. The van der Waals surface area contributed by atoms with Gasteiger partial charge in [0, 0.05) is 21.5 Å². The van der Waals surface area contributed by atoms with E-state index < -0.39 is 0 Å². The Morgan fingerprint density at radius 1 is 0.939 bits per heavy atom. The summed E-state index contributed by atoms with van der Waals surface area (Å²) in [4.78, 5) is 24.2. The molecule has 2 aliphatic rings. The van der Waals surface area contributed by atoms with Crippen LogP contribution in [0.3, 0.4) is 0 Å². The molecule has 0 aliphatic carbocycles. The Morgan fingerprint density at radius 2 is 1.73 bits per heavy atom. The highest BCUT2D eigenvalue weighted by atomic mass is 35.5. The van der Waals surface area contributed by atoms with E-state index in [4.69, 9.17) is 28.2 Å². The van der Waals surface area contributed by atoms with Crippen LogP contribution in [0.2, 0.25) is 10.0 Å². The topological polar surface area (TPSA) is 35.9 Å². The fourth-order valence-corrected chi connectivity index (χ4v) is 6.49. The fourth-order valence-electron chi connectivity index (χ4n) is 3.77. The molecule has 1 amide bonds. The zero-order chi connectivity index (χ0) is 23.1. The quantitative estimate of drug-likeness (QED) is 0.335. The lowest BCUT2D eigenvalue weighted by Gasteiger charge is -2.19. The molecule has 0 saturated carbocycles. The van der Waals surface area contributed by atoms with Crippen LogP contribution in [0.1, 0.15) is 12.5 Å². The Kier molecular flexibility index (Phi) is 6.18. The van der Waals surface area contributed by atoms with Crippen molar-refractivity contribution in [2.45, 2.75) is 18.7 Å². The zero-order valence-corrected chi connectivity index (χ0v) is 21.0. The Balaban J connectivity index is 1.64. The Hall–Kier alpha value is -2.38. The van der Waals surface area contributed by atoms with E-state index in [2.05, 4.69) is 11.8 Å². The first-order valence-corrected chi connectivity index (χ1v) is 12.8. The van der Waals surface area contributed by atoms with E-state index in [0.717, 1.165) is 33.4 Å². The molecule has 4 nitrogen and oxygen atoms in total. The van der Waals surface area contributed by atoms with Crippen LogP contribution in [0.25, 0.3) is 0 Å². The van der Waals surface area contributed by atoms with Crippen LogP contribution >= 0.6 is 46.7 Å². The van der Waals surface area contributed by atoms with Crippen molar-refractivity contribution in [3.63, 3.8) is 0 Å². The summed E-state index contributed by atoms with van der Waals surface area (Å²) in [7, 11) is 0. The van der Waals surface area contributed by atoms with E-state index in [9.17, 15) is 4.79 Å². The maximum absolute atomic E-state index is 13.8. The van der Waals surface area contributed by atoms with Gasteiger partial charge in [-0.25, -0.2) is 4.99 Å². The number of hydrogen-bond donors (Lipinski definition) is 0. The first kappa shape index (κ1) is 22.4. The third-order valence-electron chi connectivity index (χ3n) is 5.25. The Morgan fingerprint density at radius 3 is 2.48 bits per heavy atom. The molecule has 0 atom stereocenters. The number of halogens is 2. The van der Waals surface area contributed by atoms with Crippen molar-refractivity contribution in [3.8, 4) is 0 Å². The molecule has 0 unspecified atom stereocenters. The Bertz CT molecular complexity index is 1340. The molecule has 0 bridgehead atoms. The summed E-state index contributed by atoms with van der Waals surface area (Å²) in [6.07, 6.45) is 0. The van der Waals surface area contributed by atoms with Crippen LogP contribution in [-0.4, -0.2) is 17.6 Å². The second-order valence-electron chi connectivity index (χ2n) is 7.55. The van der Waals surface area contributed by atoms with Gasteiger partial charge in [0.2, 0.25) is 0 Å². The largest absolute Gasteiger partial charge is 0.334 e. The lowest BCUT2D eigenvalue weighted by molar-refractivity contribution is -0.113. The number of benzene rings is 3. The van der Waals surface area contributed by atoms with Crippen LogP contribution in [0, 0.1) is 6.92 Å². The number of carbonyl (C=O) groups is 1. The van der Waals surface area contributed by atoms with Crippen molar-refractivity contribution in [3.05, 3.63) is 92.3 Å². The van der Waals surface area contributed by atoms with Crippen LogP contribution in [0.15, 0.2) is 86.6 Å². The number of thioether (sulfide) groups is 2. The number of amidine groups is 1. The third kappa shape index (κ3) is 4.28. The predicted octanol–water partition coefficient (Wildman–Crippen LogP) is 7.87. The highest BCUT2D eigenvalue weighted by Crippen LogP contribution is 2.51. The average molecular weight is 512 g/mol. The number of rotatable bonds is 3. The molecule has 0 aromatic heterocycles. The number of aliphatic imine (C=N–C) groups is 1. The average Bonchev–Trinajstić information content (AvgIpc) is 3.30. The van der Waals surface area contributed by atoms with Crippen molar-refractivity contribution < 1.29 is 4.79 Å². The lowest BCUT2D eigenvalue weighted by Crippen LogP contribution is -2.29. The minimum atomic E-state index is -0.0915. The summed E-state index contributed by atoms with van der Waals surface area (Å²) >= 11 is 15.4. The molecule has 2 aliphatic heterocycles. The maximum Gasteiger partial charge on any atom is 0.274 e. The molecular weight excluding hydrogens is 493 g/mol. The lowest BCUT2D eigenvalue weighted by atomic mass is 10.2. The molecule has 0 spiro atoms. The van der Waals surface area contributed by atoms with Crippen molar-refractivity contribution in [1.82, 2.24) is 0 Å². The molecule has 1 saturated heterocycles. The summed E-state index contributed by atoms with van der Waals surface area (Å²) < 4.78 is 0. The van der Waals surface area contributed by atoms with Gasteiger partial charge in [-0.05, 0) is 79.7 Å². The summed E-state index contributed by atoms with van der Waals surface area (Å²) in [6.45, 7) is 4.80. The number of fused-ring (bicyclic) bond motifs is 1. The van der Waals surface area contributed by atoms with E-state index >= 15 is 0 Å². The van der Waals surface area contributed by atoms with Crippen molar-refractivity contribution >= 4 is 74.9 Å². The van der Waals surface area contributed by atoms with E-state index in [1.54, 1.807) is 28.8 Å².